The Morgan fingerprint density at radius 1 is 0.905 bits per heavy atom. The first-order chi connectivity index (χ1) is 9.96. The molecule has 0 radical (unpaired) electrons. The van der Waals surface area contributed by atoms with Crippen LogP contribution >= 0.6 is 8.07 Å². The van der Waals surface area contributed by atoms with Crippen molar-refractivity contribution in [3.63, 3.8) is 0 Å². The summed E-state index contributed by atoms with van der Waals surface area (Å²) < 4.78 is 20.8. The van der Waals surface area contributed by atoms with Gasteiger partial charge < -0.3 is 0 Å². The molecule has 0 amide bonds. The standard InChI is InChI=1S/C16H20NO2PS/c1-16(2,3)19-21(18)17-20(14-10-6-4-7-11-14)15-12-8-5-9-13-15/h4-13,17H,1-3H3. The predicted molar refractivity (Wildman–Crippen MR) is 91.2 cm³/mol. The molecule has 0 aliphatic rings. The molecule has 0 spiro atoms. The second-order valence-electron chi connectivity index (χ2n) is 5.53. The van der Waals surface area contributed by atoms with Gasteiger partial charge in [0.1, 0.15) is 0 Å². The molecule has 2 aromatic rings. The summed E-state index contributed by atoms with van der Waals surface area (Å²) in [6, 6.07) is 20.1. The third-order valence-electron chi connectivity index (χ3n) is 2.52. The van der Waals surface area contributed by atoms with Crippen LogP contribution in [0.5, 0.6) is 0 Å². The summed E-state index contributed by atoms with van der Waals surface area (Å²) in [5.74, 6) is 0. The fraction of sp³-hybridized carbons (Fsp3) is 0.250. The highest BCUT2D eigenvalue weighted by Gasteiger charge is 2.21. The highest BCUT2D eigenvalue weighted by molar-refractivity contribution is 7.90. The van der Waals surface area contributed by atoms with Crippen LogP contribution in [0.1, 0.15) is 20.8 Å². The van der Waals surface area contributed by atoms with E-state index in [2.05, 4.69) is 4.49 Å². The molecular weight excluding hydrogens is 301 g/mol. The topological polar surface area (TPSA) is 38.3 Å². The summed E-state index contributed by atoms with van der Waals surface area (Å²) in [4.78, 5) is 0. The van der Waals surface area contributed by atoms with E-state index >= 15 is 0 Å². The van der Waals surface area contributed by atoms with Gasteiger partial charge in [-0.2, -0.15) is 4.49 Å². The van der Waals surface area contributed by atoms with Gasteiger partial charge in [-0.1, -0.05) is 60.7 Å². The fourth-order valence-corrected chi connectivity index (χ4v) is 5.01. The van der Waals surface area contributed by atoms with E-state index in [1.165, 1.54) is 0 Å². The second-order valence-corrected chi connectivity index (χ2v) is 8.60. The van der Waals surface area contributed by atoms with Crippen LogP contribution in [-0.4, -0.2) is 9.81 Å². The Bertz CT molecular complexity index is 545. The Labute approximate surface area is 130 Å². The molecule has 0 fully saturated rings. The zero-order chi connectivity index (χ0) is 15.3. The summed E-state index contributed by atoms with van der Waals surface area (Å²) in [5.41, 5.74) is -0.452. The maximum absolute atomic E-state index is 12.2. The quantitative estimate of drug-likeness (QED) is 0.860. The lowest BCUT2D eigenvalue weighted by Crippen LogP contribution is -2.30. The summed E-state index contributed by atoms with van der Waals surface area (Å²) in [6.45, 7) is 5.67. The van der Waals surface area contributed by atoms with Crippen LogP contribution < -0.4 is 15.1 Å². The van der Waals surface area contributed by atoms with E-state index in [-0.39, 0.29) is 0 Å². The van der Waals surface area contributed by atoms with Crippen molar-refractivity contribution in [1.29, 1.82) is 0 Å². The Kier molecular flexibility index (Phi) is 5.65. The van der Waals surface area contributed by atoms with Crippen LogP contribution in [0.15, 0.2) is 60.7 Å². The largest absolute Gasteiger partial charge is 0.272 e. The molecule has 1 atom stereocenters. The first-order valence-corrected chi connectivity index (χ1v) is 9.15. The van der Waals surface area contributed by atoms with Crippen LogP contribution in [0.3, 0.4) is 0 Å². The first-order valence-electron chi connectivity index (χ1n) is 6.73. The molecule has 0 saturated heterocycles. The molecular formula is C16H20NO2PS. The van der Waals surface area contributed by atoms with Gasteiger partial charge in [-0.3, -0.25) is 4.18 Å². The molecule has 1 N–H and O–H groups in total. The maximum Gasteiger partial charge on any atom is 0.239 e. The van der Waals surface area contributed by atoms with Gasteiger partial charge in [-0.25, -0.2) is 4.21 Å². The summed E-state index contributed by atoms with van der Waals surface area (Å²) in [6.07, 6.45) is 0. The highest BCUT2D eigenvalue weighted by Crippen LogP contribution is 2.29. The minimum atomic E-state index is -1.54. The molecule has 0 saturated carbocycles. The molecule has 3 nitrogen and oxygen atoms in total. The monoisotopic (exact) mass is 321 g/mol. The molecule has 2 aromatic carbocycles. The number of hydrogen-bond donors (Lipinski definition) is 1. The average Bonchev–Trinajstić information content (AvgIpc) is 2.45. The maximum atomic E-state index is 12.2. The molecule has 1 unspecified atom stereocenters. The Hall–Kier alpha value is -1.06. The van der Waals surface area contributed by atoms with Crippen LogP contribution in [0.25, 0.3) is 0 Å². The summed E-state index contributed by atoms with van der Waals surface area (Å²) in [7, 11) is -0.918. The summed E-state index contributed by atoms with van der Waals surface area (Å²) >= 11 is -1.54. The van der Waals surface area contributed by atoms with E-state index in [9.17, 15) is 4.21 Å². The van der Waals surface area contributed by atoms with Gasteiger partial charge in [0.15, 0.2) is 0 Å². The number of rotatable bonds is 5. The molecule has 0 aromatic heterocycles. The smallest absolute Gasteiger partial charge is 0.239 e. The van der Waals surface area contributed by atoms with Crippen molar-refractivity contribution in [2.45, 2.75) is 26.4 Å². The van der Waals surface area contributed by atoms with Crippen molar-refractivity contribution < 1.29 is 8.39 Å². The normalized spacial score (nSPS) is 13.3. The lowest BCUT2D eigenvalue weighted by Gasteiger charge is -2.22. The van der Waals surface area contributed by atoms with Gasteiger partial charge in [0.05, 0.1) is 5.60 Å². The number of nitrogens with one attached hydrogen (secondary N) is 1. The van der Waals surface area contributed by atoms with E-state index < -0.39 is 24.9 Å². The Morgan fingerprint density at radius 2 is 1.33 bits per heavy atom. The minimum Gasteiger partial charge on any atom is -0.272 e. The SMILES string of the molecule is CC(C)(C)OS(=O)NP(c1ccccc1)c1ccccc1. The lowest BCUT2D eigenvalue weighted by atomic mass is 10.2. The van der Waals surface area contributed by atoms with Crippen molar-refractivity contribution in [3.05, 3.63) is 60.7 Å². The van der Waals surface area contributed by atoms with Gasteiger partial charge in [-0.15, -0.1) is 0 Å². The van der Waals surface area contributed by atoms with Crippen molar-refractivity contribution >= 4 is 29.9 Å². The molecule has 0 aliphatic carbocycles. The van der Waals surface area contributed by atoms with E-state index in [0.29, 0.717) is 0 Å². The van der Waals surface area contributed by atoms with Crippen molar-refractivity contribution in [3.8, 4) is 0 Å². The first kappa shape index (κ1) is 16.3. The van der Waals surface area contributed by atoms with Gasteiger partial charge in [-0.05, 0) is 31.4 Å². The van der Waals surface area contributed by atoms with Crippen molar-refractivity contribution in [2.24, 2.45) is 0 Å². The molecule has 5 heteroatoms. The van der Waals surface area contributed by atoms with Crippen LogP contribution in [-0.2, 0) is 15.4 Å². The predicted octanol–water partition coefficient (Wildman–Crippen LogP) is 3.02. The Morgan fingerprint density at radius 3 is 1.71 bits per heavy atom. The van der Waals surface area contributed by atoms with Gasteiger partial charge in [0, 0.05) is 8.07 Å². The highest BCUT2D eigenvalue weighted by atomic mass is 32.2. The molecule has 0 aliphatic heterocycles. The van der Waals surface area contributed by atoms with Crippen LogP contribution in [0.2, 0.25) is 0 Å². The van der Waals surface area contributed by atoms with Gasteiger partial charge in [0.25, 0.3) is 0 Å². The second kappa shape index (κ2) is 7.28. The number of benzene rings is 2. The molecule has 2 rings (SSSR count). The molecule has 0 heterocycles. The third kappa shape index (κ3) is 5.33. The van der Waals surface area contributed by atoms with E-state index in [1.54, 1.807) is 0 Å². The molecule has 0 bridgehead atoms. The van der Waals surface area contributed by atoms with Crippen molar-refractivity contribution in [2.75, 3.05) is 0 Å². The Balaban J connectivity index is 2.24. The lowest BCUT2D eigenvalue weighted by molar-refractivity contribution is 0.151. The minimum absolute atomic E-state index is 0.452. The molecule has 112 valence electrons. The molecule has 21 heavy (non-hydrogen) atoms. The zero-order valence-corrected chi connectivity index (χ0v) is 14.2. The van der Waals surface area contributed by atoms with E-state index in [0.717, 1.165) is 10.6 Å². The zero-order valence-electron chi connectivity index (χ0n) is 12.4. The van der Waals surface area contributed by atoms with Crippen molar-refractivity contribution in [1.82, 2.24) is 4.49 Å². The number of hydrogen-bond acceptors (Lipinski definition) is 2. The average molecular weight is 321 g/mol. The van der Waals surface area contributed by atoms with Crippen LogP contribution in [0.4, 0.5) is 0 Å². The van der Waals surface area contributed by atoms with Gasteiger partial charge >= 0.3 is 0 Å². The van der Waals surface area contributed by atoms with E-state index in [4.69, 9.17) is 4.18 Å². The van der Waals surface area contributed by atoms with Gasteiger partial charge in [0.2, 0.25) is 11.3 Å². The van der Waals surface area contributed by atoms with Crippen LogP contribution in [0, 0.1) is 0 Å². The fourth-order valence-electron chi connectivity index (χ4n) is 1.73. The van der Waals surface area contributed by atoms with E-state index in [1.807, 2.05) is 81.4 Å². The summed E-state index contributed by atoms with van der Waals surface area (Å²) in [5, 5.41) is 2.23. The third-order valence-corrected chi connectivity index (χ3v) is 6.13.